The third kappa shape index (κ3) is 4.72. The van der Waals surface area contributed by atoms with Crippen molar-refractivity contribution in [3.8, 4) is 0 Å². The summed E-state index contributed by atoms with van der Waals surface area (Å²) in [5, 5.41) is 0.158. The summed E-state index contributed by atoms with van der Waals surface area (Å²) in [6.45, 7) is 3.91. The molecule has 0 aliphatic carbocycles. The fourth-order valence-electron chi connectivity index (χ4n) is 1.39. The highest BCUT2D eigenvalue weighted by molar-refractivity contribution is 7.90. The van der Waals surface area contributed by atoms with Crippen LogP contribution in [-0.2, 0) is 9.84 Å². The molecule has 0 aromatic carbocycles. The lowest BCUT2D eigenvalue weighted by molar-refractivity contribution is 0.0797. The average Bonchev–Trinajstić information content (AvgIpc) is 2.34. The molecule has 0 aliphatic heterocycles. The van der Waals surface area contributed by atoms with Crippen LogP contribution in [0.15, 0.2) is 6.20 Å². The molecule has 6 nitrogen and oxygen atoms in total. The molecule has 8 heteroatoms. The fraction of sp³-hybridized carbons (Fsp3) is 0.583. The number of aromatic nitrogens is 2. The van der Waals surface area contributed by atoms with Crippen molar-refractivity contribution in [1.82, 2.24) is 14.9 Å². The molecule has 20 heavy (non-hydrogen) atoms. The van der Waals surface area contributed by atoms with Gasteiger partial charge in [0.25, 0.3) is 5.91 Å². The zero-order chi connectivity index (χ0) is 15.5. The topological polar surface area (TPSA) is 80.2 Å². The summed E-state index contributed by atoms with van der Waals surface area (Å²) in [6.07, 6.45) is 2.52. The number of amides is 1. The summed E-state index contributed by atoms with van der Waals surface area (Å²) >= 11 is 5.94. The molecule has 0 fully saturated rings. The Morgan fingerprint density at radius 3 is 2.55 bits per heavy atom. The molecule has 1 aromatic rings. The highest BCUT2D eigenvalue weighted by Crippen LogP contribution is 2.17. The van der Waals surface area contributed by atoms with Crippen molar-refractivity contribution in [2.24, 2.45) is 0 Å². The molecule has 0 radical (unpaired) electrons. The van der Waals surface area contributed by atoms with Crippen LogP contribution in [0.3, 0.4) is 0 Å². The maximum Gasteiger partial charge on any atom is 0.273 e. The Morgan fingerprint density at radius 1 is 1.45 bits per heavy atom. The minimum atomic E-state index is -3.13. The monoisotopic (exact) mass is 319 g/mol. The molecule has 112 valence electrons. The van der Waals surface area contributed by atoms with Gasteiger partial charge in [-0.25, -0.2) is 18.4 Å². The van der Waals surface area contributed by atoms with Crippen LogP contribution in [0, 0.1) is 0 Å². The van der Waals surface area contributed by atoms with E-state index in [2.05, 4.69) is 9.97 Å². The summed E-state index contributed by atoms with van der Waals surface area (Å²) in [6, 6.07) is 0. The molecule has 0 spiro atoms. The number of carbonyl (C=O) groups excluding carboxylic acids is 1. The van der Waals surface area contributed by atoms with Gasteiger partial charge in [0, 0.05) is 25.8 Å². The van der Waals surface area contributed by atoms with Gasteiger partial charge in [-0.3, -0.25) is 4.79 Å². The Kier molecular flexibility index (Phi) is 5.47. The highest BCUT2D eigenvalue weighted by Gasteiger charge is 2.20. The number of hydrogen-bond acceptors (Lipinski definition) is 5. The maximum atomic E-state index is 12.2. The van der Waals surface area contributed by atoms with E-state index >= 15 is 0 Å². The average molecular weight is 320 g/mol. The second-order valence-electron chi connectivity index (χ2n) is 4.94. The molecular weight excluding hydrogens is 302 g/mol. The Bertz CT molecular complexity index is 602. The number of sulfone groups is 1. The van der Waals surface area contributed by atoms with Crippen LogP contribution in [0.1, 0.15) is 36.1 Å². The van der Waals surface area contributed by atoms with E-state index in [0.29, 0.717) is 5.82 Å². The lowest BCUT2D eigenvalue weighted by Crippen LogP contribution is -2.32. The minimum absolute atomic E-state index is 0.0696. The van der Waals surface area contributed by atoms with Crippen LogP contribution in [0.2, 0.25) is 5.02 Å². The second kappa shape index (κ2) is 6.49. The number of rotatable bonds is 5. The highest BCUT2D eigenvalue weighted by atomic mass is 35.5. The number of hydrogen-bond donors (Lipinski definition) is 0. The quantitative estimate of drug-likeness (QED) is 0.819. The van der Waals surface area contributed by atoms with Gasteiger partial charge in [-0.05, 0) is 0 Å². The Labute approximate surface area is 124 Å². The van der Waals surface area contributed by atoms with Gasteiger partial charge in [0.05, 0.1) is 17.0 Å². The Hall–Kier alpha value is -1.21. The van der Waals surface area contributed by atoms with Crippen molar-refractivity contribution in [2.45, 2.75) is 19.8 Å². The van der Waals surface area contributed by atoms with Gasteiger partial charge in [0.2, 0.25) is 0 Å². The second-order valence-corrected chi connectivity index (χ2v) is 7.60. The summed E-state index contributed by atoms with van der Waals surface area (Å²) in [5.41, 5.74) is 0.0985. The molecule has 1 heterocycles. The molecule has 1 amide bonds. The van der Waals surface area contributed by atoms with Crippen molar-refractivity contribution >= 4 is 27.3 Å². The third-order valence-corrected chi connectivity index (χ3v) is 3.83. The number of halogens is 1. The van der Waals surface area contributed by atoms with Crippen LogP contribution < -0.4 is 0 Å². The van der Waals surface area contributed by atoms with Crippen molar-refractivity contribution in [3.05, 3.63) is 22.7 Å². The van der Waals surface area contributed by atoms with E-state index in [4.69, 9.17) is 11.6 Å². The van der Waals surface area contributed by atoms with Crippen LogP contribution in [0.5, 0.6) is 0 Å². The molecule has 0 N–H and O–H groups in total. The van der Waals surface area contributed by atoms with Gasteiger partial charge in [0.15, 0.2) is 5.69 Å². The van der Waals surface area contributed by atoms with E-state index in [0.717, 1.165) is 6.26 Å². The van der Waals surface area contributed by atoms with Crippen LogP contribution in [-0.4, -0.2) is 54.8 Å². The predicted octanol–water partition coefficient (Wildman–Crippen LogP) is 1.37. The lowest BCUT2D eigenvalue weighted by atomic mass is 10.2. The summed E-state index contributed by atoms with van der Waals surface area (Å²) in [7, 11) is -1.61. The molecule has 0 saturated heterocycles. The van der Waals surface area contributed by atoms with Crippen molar-refractivity contribution in [2.75, 3.05) is 25.6 Å². The van der Waals surface area contributed by atoms with E-state index in [9.17, 15) is 13.2 Å². The standard InChI is InChI=1S/C12H18ClN3O3S/c1-8(2)11-14-7-9(13)10(15-11)12(17)16(3)5-6-20(4,18)19/h7-8H,5-6H2,1-4H3. The molecule has 0 saturated carbocycles. The first-order valence-corrected chi connectivity index (χ1v) is 8.51. The zero-order valence-corrected chi connectivity index (χ0v) is 13.5. The Balaban J connectivity index is 2.93. The Morgan fingerprint density at radius 2 is 2.05 bits per heavy atom. The molecular formula is C12H18ClN3O3S. The van der Waals surface area contributed by atoms with E-state index < -0.39 is 15.7 Å². The zero-order valence-electron chi connectivity index (χ0n) is 11.9. The first kappa shape index (κ1) is 16.8. The lowest BCUT2D eigenvalue weighted by Gasteiger charge is -2.17. The van der Waals surface area contributed by atoms with Crippen molar-refractivity contribution in [3.63, 3.8) is 0 Å². The molecule has 0 aliphatic rings. The predicted molar refractivity (Wildman–Crippen MR) is 77.8 cm³/mol. The summed E-state index contributed by atoms with van der Waals surface area (Å²) in [4.78, 5) is 21.7. The maximum absolute atomic E-state index is 12.2. The van der Waals surface area contributed by atoms with Crippen molar-refractivity contribution < 1.29 is 13.2 Å². The van der Waals surface area contributed by atoms with E-state index in [1.54, 1.807) is 0 Å². The van der Waals surface area contributed by atoms with Gasteiger partial charge in [-0.1, -0.05) is 25.4 Å². The van der Waals surface area contributed by atoms with E-state index in [1.807, 2.05) is 13.8 Å². The van der Waals surface area contributed by atoms with Gasteiger partial charge < -0.3 is 4.90 Å². The van der Waals surface area contributed by atoms with Crippen molar-refractivity contribution in [1.29, 1.82) is 0 Å². The molecule has 0 unspecified atom stereocenters. The van der Waals surface area contributed by atoms with Crippen LogP contribution in [0.25, 0.3) is 0 Å². The van der Waals surface area contributed by atoms with E-state index in [-0.39, 0.29) is 28.9 Å². The minimum Gasteiger partial charge on any atom is -0.339 e. The summed E-state index contributed by atoms with van der Waals surface area (Å²) < 4.78 is 22.2. The normalized spacial score (nSPS) is 11.7. The van der Waals surface area contributed by atoms with Crippen LogP contribution in [0.4, 0.5) is 0 Å². The molecule has 1 aromatic heterocycles. The fourth-order valence-corrected chi connectivity index (χ4v) is 2.17. The number of carbonyl (C=O) groups is 1. The molecule has 1 rings (SSSR count). The first-order chi connectivity index (χ1) is 9.11. The third-order valence-electron chi connectivity index (χ3n) is 2.63. The van der Waals surface area contributed by atoms with Gasteiger partial charge in [-0.2, -0.15) is 0 Å². The van der Waals surface area contributed by atoms with E-state index in [1.165, 1.54) is 18.1 Å². The van der Waals surface area contributed by atoms with Gasteiger partial charge in [0.1, 0.15) is 15.7 Å². The molecule has 0 atom stereocenters. The summed E-state index contributed by atoms with van der Waals surface area (Å²) in [5.74, 6) is 0.0759. The largest absolute Gasteiger partial charge is 0.339 e. The SMILES string of the molecule is CC(C)c1ncc(Cl)c(C(=O)N(C)CCS(C)(=O)=O)n1. The van der Waals surface area contributed by atoms with Gasteiger partial charge in [-0.15, -0.1) is 0 Å². The molecule has 0 bridgehead atoms. The smallest absolute Gasteiger partial charge is 0.273 e. The number of nitrogens with zero attached hydrogens (tertiary/aromatic N) is 3. The van der Waals surface area contributed by atoms with Gasteiger partial charge >= 0.3 is 0 Å². The first-order valence-electron chi connectivity index (χ1n) is 6.07. The van der Waals surface area contributed by atoms with Crippen LogP contribution >= 0.6 is 11.6 Å².